The van der Waals surface area contributed by atoms with Crippen LogP contribution in [0.1, 0.15) is 33.5 Å². The van der Waals surface area contributed by atoms with Crippen LogP contribution in [-0.4, -0.2) is 58.0 Å². The van der Waals surface area contributed by atoms with E-state index in [0.717, 1.165) is 0 Å². The monoisotopic (exact) mass is 279 g/mol. The quantitative estimate of drug-likeness (QED) is 0.864. The zero-order valence-electron chi connectivity index (χ0n) is 11.5. The topological polar surface area (TPSA) is 84.7 Å². The predicted octanol–water partition coefficient (Wildman–Crippen LogP) is 0.382. The summed E-state index contributed by atoms with van der Waals surface area (Å²) in [7, 11) is 0. The summed E-state index contributed by atoms with van der Waals surface area (Å²) >= 11 is 0. The van der Waals surface area contributed by atoms with Crippen molar-refractivity contribution in [2.45, 2.75) is 20.4 Å². The molecule has 1 aromatic heterocycles. The van der Waals surface area contributed by atoms with Crippen molar-refractivity contribution in [2.24, 2.45) is 5.41 Å². The summed E-state index contributed by atoms with van der Waals surface area (Å²) in [5, 5.41) is 13.1. The maximum atomic E-state index is 12.5. The SMILES string of the molecule is Cc1c(C(=O)O)nn2c1C(=O)N(CC1(C)COC1)CC2. The van der Waals surface area contributed by atoms with E-state index in [4.69, 9.17) is 9.84 Å². The molecule has 1 aromatic rings. The third kappa shape index (κ3) is 1.89. The molecule has 2 aliphatic rings. The van der Waals surface area contributed by atoms with E-state index in [9.17, 15) is 9.59 Å². The van der Waals surface area contributed by atoms with Gasteiger partial charge in [0.05, 0.1) is 19.8 Å². The van der Waals surface area contributed by atoms with Crippen molar-refractivity contribution in [2.75, 3.05) is 26.3 Å². The maximum Gasteiger partial charge on any atom is 0.356 e. The van der Waals surface area contributed by atoms with Crippen molar-refractivity contribution in [1.82, 2.24) is 14.7 Å². The van der Waals surface area contributed by atoms with Gasteiger partial charge in [0, 0.05) is 24.1 Å². The Morgan fingerprint density at radius 1 is 1.45 bits per heavy atom. The van der Waals surface area contributed by atoms with Crippen LogP contribution in [0.25, 0.3) is 0 Å². The number of rotatable bonds is 3. The van der Waals surface area contributed by atoms with Crippen LogP contribution < -0.4 is 0 Å². The van der Waals surface area contributed by atoms with E-state index in [1.807, 2.05) is 0 Å². The van der Waals surface area contributed by atoms with E-state index in [-0.39, 0.29) is 17.0 Å². The van der Waals surface area contributed by atoms with Crippen LogP contribution in [0.2, 0.25) is 0 Å². The number of carboxylic acids is 1. The van der Waals surface area contributed by atoms with Crippen LogP contribution in [0.5, 0.6) is 0 Å². The molecule has 1 amide bonds. The Labute approximate surface area is 116 Å². The summed E-state index contributed by atoms with van der Waals surface area (Å²) in [5.74, 6) is -1.23. The molecule has 1 N–H and O–H groups in total. The molecular weight excluding hydrogens is 262 g/mol. The number of hydrogen-bond acceptors (Lipinski definition) is 4. The van der Waals surface area contributed by atoms with Crippen molar-refractivity contribution >= 4 is 11.9 Å². The van der Waals surface area contributed by atoms with Gasteiger partial charge in [-0.2, -0.15) is 5.10 Å². The summed E-state index contributed by atoms with van der Waals surface area (Å²) < 4.78 is 6.72. The molecule has 3 rings (SSSR count). The molecule has 0 aromatic carbocycles. The second kappa shape index (κ2) is 4.31. The van der Waals surface area contributed by atoms with Gasteiger partial charge in [-0.25, -0.2) is 4.79 Å². The molecule has 0 bridgehead atoms. The van der Waals surface area contributed by atoms with Crippen LogP contribution in [0, 0.1) is 12.3 Å². The lowest BCUT2D eigenvalue weighted by atomic mass is 9.87. The van der Waals surface area contributed by atoms with Gasteiger partial charge in [0.1, 0.15) is 5.69 Å². The summed E-state index contributed by atoms with van der Waals surface area (Å²) in [6, 6.07) is 0. The van der Waals surface area contributed by atoms with E-state index in [2.05, 4.69) is 12.0 Å². The third-order valence-electron chi connectivity index (χ3n) is 3.94. The molecule has 20 heavy (non-hydrogen) atoms. The Morgan fingerprint density at radius 3 is 2.70 bits per heavy atom. The number of fused-ring (bicyclic) bond motifs is 1. The molecule has 0 spiro atoms. The minimum absolute atomic E-state index is 0.0153. The van der Waals surface area contributed by atoms with Gasteiger partial charge in [-0.05, 0) is 6.92 Å². The summed E-state index contributed by atoms with van der Waals surface area (Å²) in [4.78, 5) is 25.4. The Bertz CT molecular complexity index is 589. The van der Waals surface area contributed by atoms with Gasteiger partial charge in [-0.15, -0.1) is 0 Å². The summed E-state index contributed by atoms with van der Waals surface area (Å²) in [6.07, 6.45) is 0. The van der Waals surface area contributed by atoms with E-state index in [0.29, 0.717) is 44.1 Å². The Balaban J connectivity index is 1.88. The van der Waals surface area contributed by atoms with Crippen LogP contribution in [0.3, 0.4) is 0 Å². The first-order chi connectivity index (χ1) is 9.41. The first-order valence-electron chi connectivity index (χ1n) is 6.59. The second-order valence-corrected chi connectivity index (χ2v) is 5.88. The zero-order valence-corrected chi connectivity index (χ0v) is 11.5. The fourth-order valence-electron chi connectivity index (χ4n) is 2.81. The highest BCUT2D eigenvalue weighted by Gasteiger charge is 2.39. The molecule has 0 aliphatic carbocycles. The fourth-order valence-corrected chi connectivity index (χ4v) is 2.81. The van der Waals surface area contributed by atoms with Crippen molar-refractivity contribution in [3.8, 4) is 0 Å². The van der Waals surface area contributed by atoms with Gasteiger partial charge in [-0.3, -0.25) is 9.48 Å². The van der Waals surface area contributed by atoms with Crippen LogP contribution in [0.4, 0.5) is 0 Å². The number of nitrogens with zero attached hydrogens (tertiary/aromatic N) is 3. The molecule has 108 valence electrons. The number of hydrogen-bond donors (Lipinski definition) is 1. The van der Waals surface area contributed by atoms with Gasteiger partial charge >= 0.3 is 5.97 Å². The largest absolute Gasteiger partial charge is 0.476 e. The average molecular weight is 279 g/mol. The number of amides is 1. The number of ether oxygens (including phenoxy) is 1. The molecule has 1 saturated heterocycles. The summed E-state index contributed by atoms with van der Waals surface area (Å²) in [6.45, 7) is 6.78. The number of aromatic nitrogens is 2. The van der Waals surface area contributed by atoms with Crippen molar-refractivity contribution < 1.29 is 19.4 Å². The van der Waals surface area contributed by atoms with Gasteiger partial charge in [0.2, 0.25) is 0 Å². The van der Waals surface area contributed by atoms with Crippen molar-refractivity contribution in [3.05, 3.63) is 17.0 Å². The minimum Gasteiger partial charge on any atom is -0.476 e. The van der Waals surface area contributed by atoms with Crippen LogP contribution in [0.15, 0.2) is 0 Å². The lowest BCUT2D eigenvalue weighted by Gasteiger charge is -2.42. The van der Waals surface area contributed by atoms with Crippen LogP contribution >= 0.6 is 0 Å². The molecule has 0 saturated carbocycles. The highest BCUT2D eigenvalue weighted by Crippen LogP contribution is 2.29. The predicted molar refractivity (Wildman–Crippen MR) is 68.8 cm³/mol. The first-order valence-corrected chi connectivity index (χ1v) is 6.59. The Kier molecular flexibility index (Phi) is 2.82. The van der Waals surface area contributed by atoms with Crippen LogP contribution in [-0.2, 0) is 11.3 Å². The standard InChI is InChI=1S/C13H17N3O4/c1-8-9(12(18)19)14-16-4-3-15(11(17)10(8)16)5-13(2)6-20-7-13/h3-7H2,1-2H3,(H,18,19). The third-order valence-corrected chi connectivity index (χ3v) is 3.94. The lowest BCUT2D eigenvalue weighted by molar-refractivity contribution is -0.111. The van der Waals surface area contributed by atoms with Gasteiger partial charge < -0.3 is 14.7 Å². The number of carboxylic acid groups (broad SMARTS) is 1. The lowest BCUT2D eigenvalue weighted by Crippen LogP contribution is -2.52. The number of carbonyl (C=O) groups excluding carboxylic acids is 1. The zero-order chi connectivity index (χ0) is 14.5. The van der Waals surface area contributed by atoms with Crippen molar-refractivity contribution in [1.29, 1.82) is 0 Å². The maximum absolute atomic E-state index is 12.5. The smallest absolute Gasteiger partial charge is 0.356 e. The highest BCUT2D eigenvalue weighted by atomic mass is 16.5. The molecule has 7 nitrogen and oxygen atoms in total. The molecule has 1 fully saturated rings. The van der Waals surface area contributed by atoms with Gasteiger partial charge in [0.25, 0.3) is 5.91 Å². The number of aromatic carboxylic acids is 1. The highest BCUT2D eigenvalue weighted by molar-refractivity contribution is 5.98. The average Bonchev–Trinajstić information content (AvgIpc) is 2.69. The normalized spacial score (nSPS) is 20.5. The van der Waals surface area contributed by atoms with Crippen molar-refractivity contribution in [3.63, 3.8) is 0 Å². The fraction of sp³-hybridized carbons (Fsp3) is 0.615. The Hall–Kier alpha value is -1.89. The molecule has 0 radical (unpaired) electrons. The molecule has 0 atom stereocenters. The number of carbonyl (C=O) groups is 2. The van der Waals surface area contributed by atoms with E-state index in [1.165, 1.54) is 4.68 Å². The molecule has 0 unspecified atom stereocenters. The molecular formula is C13H17N3O4. The molecule has 7 heteroatoms. The molecule has 2 aliphatic heterocycles. The van der Waals surface area contributed by atoms with Gasteiger partial charge in [-0.1, -0.05) is 6.92 Å². The van der Waals surface area contributed by atoms with E-state index in [1.54, 1.807) is 11.8 Å². The summed E-state index contributed by atoms with van der Waals surface area (Å²) in [5.41, 5.74) is 0.828. The minimum atomic E-state index is -1.09. The van der Waals surface area contributed by atoms with Gasteiger partial charge in [0.15, 0.2) is 5.69 Å². The van der Waals surface area contributed by atoms with E-state index < -0.39 is 5.97 Å². The first kappa shape index (κ1) is 13.1. The van der Waals surface area contributed by atoms with E-state index >= 15 is 0 Å². The molecule has 3 heterocycles. The second-order valence-electron chi connectivity index (χ2n) is 5.88. The Morgan fingerprint density at radius 2 is 2.15 bits per heavy atom.